The minimum absolute atomic E-state index is 0.153. The summed E-state index contributed by atoms with van der Waals surface area (Å²) >= 11 is 0. The Morgan fingerprint density at radius 3 is 2.48 bits per heavy atom. The van der Waals surface area contributed by atoms with E-state index in [0.29, 0.717) is 0 Å². The summed E-state index contributed by atoms with van der Waals surface area (Å²) in [5, 5.41) is 12.0. The Labute approximate surface area is 159 Å². The van der Waals surface area contributed by atoms with Gasteiger partial charge in [-0.1, -0.05) is 0 Å². The molecule has 2 rings (SSSR count). The number of nitrogens with zero attached hydrogens (tertiary/aromatic N) is 2. The third kappa shape index (κ3) is 5.32. The van der Waals surface area contributed by atoms with Crippen LogP contribution in [-0.4, -0.2) is 38.4 Å². The first-order valence-electron chi connectivity index (χ1n) is 8.81. The van der Waals surface area contributed by atoms with Gasteiger partial charge in [0.2, 0.25) is 0 Å². The van der Waals surface area contributed by atoms with Crippen molar-refractivity contribution in [2.75, 3.05) is 0 Å². The van der Waals surface area contributed by atoms with Crippen molar-refractivity contribution >= 4 is 12.1 Å². The highest BCUT2D eigenvalue weighted by atomic mass is 16.6. The van der Waals surface area contributed by atoms with Crippen LogP contribution in [0.3, 0.4) is 0 Å². The van der Waals surface area contributed by atoms with Crippen LogP contribution in [0.25, 0.3) is 5.82 Å². The van der Waals surface area contributed by atoms with E-state index in [4.69, 9.17) is 4.74 Å². The first-order chi connectivity index (χ1) is 12.5. The summed E-state index contributed by atoms with van der Waals surface area (Å²) in [5.41, 5.74) is 3.06. The Hall–Kier alpha value is -2.83. The lowest BCUT2D eigenvalue weighted by Gasteiger charge is -2.22. The molecule has 2 aromatic heterocycles. The van der Waals surface area contributed by atoms with Crippen LogP contribution in [0.2, 0.25) is 0 Å². The van der Waals surface area contributed by atoms with Crippen LogP contribution in [0.4, 0.5) is 4.79 Å². The number of hydrogen-bond donors (Lipinski definition) is 2. The van der Waals surface area contributed by atoms with Gasteiger partial charge in [0.05, 0.1) is 0 Å². The van der Waals surface area contributed by atoms with Crippen molar-refractivity contribution in [1.29, 1.82) is 0 Å². The maximum Gasteiger partial charge on any atom is 0.408 e. The van der Waals surface area contributed by atoms with Gasteiger partial charge in [-0.15, -0.1) is 0 Å². The second-order valence-corrected chi connectivity index (χ2v) is 7.66. The maximum atomic E-state index is 12.0. The van der Waals surface area contributed by atoms with Crippen molar-refractivity contribution in [3.05, 3.63) is 46.9 Å². The summed E-state index contributed by atoms with van der Waals surface area (Å²) in [4.78, 5) is 28.0. The van der Waals surface area contributed by atoms with Gasteiger partial charge < -0.3 is 19.7 Å². The van der Waals surface area contributed by atoms with E-state index in [2.05, 4.69) is 10.3 Å². The van der Waals surface area contributed by atoms with E-state index in [0.717, 1.165) is 28.3 Å². The number of ether oxygens (including phenoxy) is 1. The third-order valence-electron chi connectivity index (χ3n) is 4.08. The van der Waals surface area contributed by atoms with Crippen molar-refractivity contribution in [1.82, 2.24) is 14.9 Å². The normalized spacial score (nSPS) is 12.5. The average Bonchev–Trinajstić information content (AvgIpc) is 2.78. The van der Waals surface area contributed by atoms with Gasteiger partial charge >= 0.3 is 12.1 Å². The standard InChI is InChI=1S/C20H27N3O4/c1-12-7-8-21-17(9-12)23-13(2)10-15(14(23)3)11-16(18(24)25)22-19(26)27-20(4,5)6/h7-10,16H,11H2,1-6H3,(H,22,26)(H,24,25). The second kappa shape index (κ2) is 7.82. The summed E-state index contributed by atoms with van der Waals surface area (Å²) in [6.07, 6.45) is 1.15. The lowest BCUT2D eigenvalue weighted by molar-refractivity contribution is -0.139. The number of carboxylic acids is 1. The lowest BCUT2D eigenvalue weighted by atomic mass is 10.1. The van der Waals surface area contributed by atoms with Gasteiger partial charge in [0.25, 0.3) is 0 Å². The lowest BCUT2D eigenvalue weighted by Crippen LogP contribution is -2.44. The molecule has 0 fully saturated rings. The molecule has 1 atom stereocenters. The predicted octanol–water partition coefficient (Wildman–Crippen LogP) is 3.32. The van der Waals surface area contributed by atoms with Crippen LogP contribution in [0.1, 0.15) is 43.3 Å². The smallest absolute Gasteiger partial charge is 0.408 e. The van der Waals surface area contributed by atoms with Crippen LogP contribution in [0.5, 0.6) is 0 Å². The number of hydrogen-bond acceptors (Lipinski definition) is 4. The highest BCUT2D eigenvalue weighted by Crippen LogP contribution is 2.21. The Balaban J connectivity index is 2.26. The number of pyridine rings is 1. The van der Waals surface area contributed by atoms with Crippen molar-refractivity contribution in [2.45, 2.75) is 59.6 Å². The van der Waals surface area contributed by atoms with Crippen molar-refractivity contribution in [2.24, 2.45) is 0 Å². The molecule has 0 aliphatic carbocycles. The van der Waals surface area contributed by atoms with Crippen LogP contribution in [-0.2, 0) is 16.0 Å². The number of alkyl carbamates (subject to hydrolysis) is 1. The molecule has 0 saturated heterocycles. The van der Waals surface area contributed by atoms with E-state index in [1.165, 1.54) is 0 Å². The first kappa shape index (κ1) is 20.5. The number of aliphatic carboxylic acids is 1. The molecular formula is C20H27N3O4. The summed E-state index contributed by atoms with van der Waals surface area (Å²) in [6, 6.07) is 4.73. The Morgan fingerprint density at radius 2 is 1.93 bits per heavy atom. The van der Waals surface area contributed by atoms with Gasteiger partial charge in [-0.3, -0.25) is 0 Å². The number of carbonyl (C=O) groups excluding carboxylic acids is 1. The molecule has 0 aliphatic heterocycles. The topological polar surface area (TPSA) is 93.5 Å². The fourth-order valence-electron chi connectivity index (χ4n) is 2.90. The molecule has 0 spiro atoms. The summed E-state index contributed by atoms with van der Waals surface area (Å²) in [6.45, 7) is 11.0. The largest absolute Gasteiger partial charge is 0.480 e. The highest BCUT2D eigenvalue weighted by molar-refractivity contribution is 5.80. The van der Waals surface area contributed by atoms with Crippen LogP contribution in [0.15, 0.2) is 24.4 Å². The quantitative estimate of drug-likeness (QED) is 0.839. The summed E-state index contributed by atoms with van der Waals surface area (Å²) in [5.74, 6) is -0.331. The van der Waals surface area contributed by atoms with Crippen molar-refractivity contribution in [3.63, 3.8) is 0 Å². The number of amides is 1. The monoisotopic (exact) mass is 373 g/mol. The van der Waals surface area contributed by atoms with Crippen LogP contribution >= 0.6 is 0 Å². The zero-order chi connectivity index (χ0) is 20.4. The SMILES string of the molecule is Cc1ccnc(-n2c(C)cc(CC(NC(=O)OC(C)(C)C)C(=O)O)c2C)c1. The molecule has 146 valence electrons. The Kier molecular flexibility index (Phi) is 5.93. The molecule has 0 aliphatic rings. The molecule has 2 aromatic rings. The molecule has 0 radical (unpaired) electrons. The van der Waals surface area contributed by atoms with E-state index in [9.17, 15) is 14.7 Å². The fraction of sp³-hybridized carbons (Fsp3) is 0.450. The number of carboxylic acid groups (broad SMARTS) is 1. The molecule has 0 saturated carbocycles. The van der Waals surface area contributed by atoms with Gasteiger partial charge in [-0.2, -0.15) is 0 Å². The summed E-state index contributed by atoms with van der Waals surface area (Å²) < 4.78 is 7.15. The van der Waals surface area contributed by atoms with Crippen molar-refractivity contribution in [3.8, 4) is 5.82 Å². The van der Waals surface area contributed by atoms with Gasteiger partial charge in [0.1, 0.15) is 17.5 Å². The van der Waals surface area contributed by atoms with E-state index < -0.39 is 23.7 Å². The number of carbonyl (C=O) groups is 2. The van der Waals surface area contributed by atoms with E-state index in [1.54, 1.807) is 27.0 Å². The molecule has 7 heteroatoms. The van der Waals surface area contributed by atoms with E-state index in [-0.39, 0.29) is 6.42 Å². The minimum atomic E-state index is -1.11. The molecule has 2 heterocycles. The fourth-order valence-corrected chi connectivity index (χ4v) is 2.90. The molecule has 1 amide bonds. The maximum absolute atomic E-state index is 12.0. The minimum Gasteiger partial charge on any atom is -0.480 e. The molecular weight excluding hydrogens is 346 g/mol. The Bertz CT molecular complexity index is 849. The zero-order valence-electron chi connectivity index (χ0n) is 16.7. The molecule has 27 heavy (non-hydrogen) atoms. The molecule has 7 nitrogen and oxygen atoms in total. The second-order valence-electron chi connectivity index (χ2n) is 7.66. The van der Waals surface area contributed by atoms with Gasteiger partial charge in [-0.05, 0) is 70.9 Å². The van der Waals surface area contributed by atoms with E-state index in [1.807, 2.05) is 43.5 Å². The zero-order valence-corrected chi connectivity index (χ0v) is 16.7. The third-order valence-corrected chi connectivity index (χ3v) is 4.08. The molecule has 2 N–H and O–H groups in total. The molecule has 0 bridgehead atoms. The van der Waals surface area contributed by atoms with Crippen LogP contribution < -0.4 is 5.32 Å². The molecule has 1 unspecified atom stereocenters. The highest BCUT2D eigenvalue weighted by Gasteiger charge is 2.26. The first-order valence-corrected chi connectivity index (χ1v) is 8.81. The van der Waals surface area contributed by atoms with Gasteiger partial charge in [-0.25, -0.2) is 14.6 Å². The average molecular weight is 373 g/mol. The predicted molar refractivity (Wildman–Crippen MR) is 102 cm³/mol. The van der Waals surface area contributed by atoms with Gasteiger partial charge in [0.15, 0.2) is 0 Å². The number of aromatic nitrogens is 2. The van der Waals surface area contributed by atoms with Crippen LogP contribution in [0, 0.1) is 20.8 Å². The van der Waals surface area contributed by atoms with Gasteiger partial charge in [0, 0.05) is 24.0 Å². The summed E-state index contributed by atoms with van der Waals surface area (Å²) in [7, 11) is 0. The number of nitrogens with one attached hydrogen (secondary N) is 1. The number of rotatable bonds is 5. The molecule has 0 aromatic carbocycles. The van der Waals surface area contributed by atoms with E-state index >= 15 is 0 Å². The Morgan fingerprint density at radius 1 is 1.26 bits per heavy atom. The van der Waals surface area contributed by atoms with Crippen molar-refractivity contribution < 1.29 is 19.4 Å². The number of aryl methyl sites for hydroxylation is 2.